The summed E-state index contributed by atoms with van der Waals surface area (Å²) in [6, 6.07) is 6.45. The van der Waals surface area contributed by atoms with E-state index in [1.165, 1.54) is 6.07 Å². The van der Waals surface area contributed by atoms with Crippen LogP contribution in [0.3, 0.4) is 0 Å². The molecule has 1 unspecified atom stereocenters. The van der Waals surface area contributed by atoms with E-state index in [2.05, 4.69) is 5.32 Å². The van der Waals surface area contributed by atoms with Crippen LogP contribution in [0.4, 0.5) is 9.18 Å². The number of amides is 1. The monoisotopic (exact) mass is 338 g/mol. The van der Waals surface area contributed by atoms with Crippen molar-refractivity contribution in [1.82, 2.24) is 10.2 Å². The van der Waals surface area contributed by atoms with Crippen molar-refractivity contribution in [2.24, 2.45) is 0 Å². The lowest BCUT2D eigenvalue weighted by Crippen LogP contribution is -2.47. The Morgan fingerprint density at radius 2 is 2.00 bits per heavy atom. The first-order valence-corrected chi connectivity index (χ1v) is 8.40. The molecule has 0 bridgehead atoms. The molecule has 6 heteroatoms. The Morgan fingerprint density at radius 1 is 1.38 bits per heavy atom. The molecule has 1 fully saturated rings. The van der Waals surface area contributed by atoms with E-state index in [1.54, 1.807) is 23.1 Å². The molecule has 2 rings (SSSR count). The van der Waals surface area contributed by atoms with Gasteiger partial charge in [-0.05, 0) is 39.7 Å². The minimum atomic E-state index is -0.880. The van der Waals surface area contributed by atoms with Gasteiger partial charge in [0.2, 0.25) is 0 Å². The van der Waals surface area contributed by atoms with Crippen molar-refractivity contribution in [3.63, 3.8) is 0 Å². The Hall–Kier alpha value is -1.66. The van der Waals surface area contributed by atoms with Gasteiger partial charge in [-0.2, -0.15) is 0 Å². The highest BCUT2D eigenvalue weighted by Gasteiger charge is 2.27. The van der Waals surface area contributed by atoms with E-state index < -0.39 is 17.5 Å². The number of aliphatic hydroxyl groups excluding tert-OH is 1. The van der Waals surface area contributed by atoms with Gasteiger partial charge >= 0.3 is 6.09 Å². The Labute approximate surface area is 142 Å². The molecule has 1 amide bonds. The lowest BCUT2D eigenvalue weighted by Gasteiger charge is -2.34. The van der Waals surface area contributed by atoms with Crippen LogP contribution in [-0.2, 0) is 4.74 Å². The molecule has 1 heterocycles. The molecule has 1 atom stereocenters. The number of nitrogens with zero attached hydrogens (tertiary/aromatic N) is 1. The van der Waals surface area contributed by atoms with Gasteiger partial charge in [0.25, 0.3) is 0 Å². The number of hydrogen-bond acceptors (Lipinski definition) is 4. The van der Waals surface area contributed by atoms with E-state index in [0.29, 0.717) is 18.7 Å². The van der Waals surface area contributed by atoms with Crippen molar-refractivity contribution in [2.75, 3.05) is 19.6 Å². The van der Waals surface area contributed by atoms with Crippen LogP contribution in [0.2, 0.25) is 0 Å². The summed E-state index contributed by atoms with van der Waals surface area (Å²) in [5.41, 5.74) is -0.188. The highest BCUT2D eigenvalue weighted by atomic mass is 19.1. The highest BCUT2D eigenvalue weighted by Crippen LogP contribution is 2.18. The van der Waals surface area contributed by atoms with Gasteiger partial charge in [-0.15, -0.1) is 0 Å². The van der Waals surface area contributed by atoms with Gasteiger partial charge in [-0.1, -0.05) is 18.2 Å². The molecule has 0 saturated carbocycles. The lowest BCUT2D eigenvalue weighted by molar-refractivity contribution is 0.0194. The molecule has 1 saturated heterocycles. The fourth-order valence-corrected chi connectivity index (χ4v) is 2.73. The highest BCUT2D eigenvalue weighted by molar-refractivity contribution is 5.68. The van der Waals surface area contributed by atoms with Crippen LogP contribution < -0.4 is 5.32 Å². The lowest BCUT2D eigenvalue weighted by atomic mass is 10.0. The topological polar surface area (TPSA) is 61.8 Å². The number of benzene rings is 1. The van der Waals surface area contributed by atoms with Crippen molar-refractivity contribution >= 4 is 6.09 Å². The Balaban J connectivity index is 1.75. The molecule has 0 aromatic heterocycles. The maximum absolute atomic E-state index is 13.6. The Morgan fingerprint density at radius 3 is 2.58 bits per heavy atom. The second kappa shape index (κ2) is 7.94. The molecule has 1 aromatic rings. The van der Waals surface area contributed by atoms with E-state index in [1.807, 2.05) is 20.8 Å². The molecule has 0 radical (unpaired) electrons. The average Bonchev–Trinajstić information content (AvgIpc) is 2.52. The van der Waals surface area contributed by atoms with Gasteiger partial charge in [0, 0.05) is 31.2 Å². The summed E-state index contributed by atoms with van der Waals surface area (Å²) < 4.78 is 19.0. The van der Waals surface area contributed by atoms with Crippen LogP contribution in [0.5, 0.6) is 0 Å². The fraction of sp³-hybridized carbons (Fsp3) is 0.611. The molecule has 1 aromatic carbocycles. The van der Waals surface area contributed by atoms with Gasteiger partial charge in [-0.3, -0.25) is 0 Å². The molecule has 0 spiro atoms. The minimum Gasteiger partial charge on any atom is -0.444 e. The first-order chi connectivity index (χ1) is 11.3. The number of hydrogen-bond donors (Lipinski definition) is 2. The molecular formula is C18H27FN2O3. The number of halogens is 1. The quantitative estimate of drug-likeness (QED) is 0.886. The maximum Gasteiger partial charge on any atom is 0.410 e. The molecule has 0 aliphatic carbocycles. The van der Waals surface area contributed by atoms with Crippen LogP contribution in [0.1, 0.15) is 45.3 Å². The summed E-state index contributed by atoms with van der Waals surface area (Å²) in [5, 5.41) is 13.4. The van der Waals surface area contributed by atoms with E-state index in [9.17, 15) is 14.3 Å². The van der Waals surface area contributed by atoms with Gasteiger partial charge in [-0.25, -0.2) is 9.18 Å². The second-order valence-electron chi connectivity index (χ2n) is 7.19. The van der Waals surface area contributed by atoms with Crippen LogP contribution in [0.15, 0.2) is 24.3 Å². The Kier molecular flexibility index (Phi) is 6.18. The normalized spacial score (nSPS) is 17.6. The van der Waals surface area contributed by atoms with E-state index in [0.717, 1.165) is 12.8 Å². The molecule has 1 aliphatic heterocycles. The van der Waals surface area contributed by atoms with Crippen molar-refractivity contribution in [3.05, 3.63) is 35.6 Å². The van der Waals surface area contributed by atoms with Gasteiger partial charge in [0.1, 0.15) is 11.4 Å². The van der Waals surface area contributed by atoms with E-state index in [4.69, 9.17) is 4.74 Å². The molecule has 24 heavy (non-hydrogen) atoms. The van der Waals surface area contributed by atoms with E-state index in [-0.39, 0.29) is 18.7 Å². The number of likely N-dealkylation sites (tertiary alicyclic amines) is 1. The van der Waals surface area contributed by atoms with Crippen LogP contribution in [-0.4, -0.2) is 47.4 Å². The van der Waals surface area contributed by atoms with Crippen LogP contribution in [0, 0.1) is 5.82 Å². The number of carbonyl (C=O) groups is 1. The third-order valence-corrected chi connectivity index (χ3v) is 4.01. The number of nitrogens with one attached hydrogen (secondary N) is 1. The third-order valence-electron chi connectivity index (χ3n) is 4.01. The average molecular weight is 338 g/mol. The first kappa shape index (κ1) is 18.7. The molecule has 5 nitrogen and oxygen atoms in total. The summed E-state index contributed by atoms with van der Waals surface area (Å²) in [6.45, 7) is 7.07. The molecule has 2 N–H and O–H groups in total. The van der Waals surface area contributed by atoms with Crippen molar-refractivity contribution in [3.8, 4) is 0 Å². The largest absolute Gasteiger partial charge is 0.444 e. The summed E-state index contributed by atoms with van der Waals surface area (Å²) >= 11 is 0. The van der Waals surface area contributed by atoms with Crippen molar-refractivity contribution in [1.29, 1.82) is 0 Å². The standard InChI is InChI=1S/C18H27FN2O3/c1-18(2,3)24-17(23)21-10-8-13(9-11-21)20-12-16(22)14-6-4-5-7-15(14)19/h4-7,13,16,20,22H,8-12H2,1-3H3. The predicted octanol–water partition coefficient (Wildman–Crippen LogP) is 2.85. The summed E-state index contributed by atoms with van der Waals surface area (Å²) in [7, 11) is 0. The molecular weight excluding hydrogens is 311 g/mol. The second-order valence-corrected chi connectivity index (χ2v) is 7.19. The number of rotatable bonds is 4. The maximum atomic E-state index is 13.6. The zero-order valence-corrected chi connectivity index (χ0v) is 14.6. The smallest absolute Gasteiger partial charge is 0.410 e. The van der Waals surface area contributed by atoms with Crippen molar-refractivity contribution < 1.29 is 19.0 Å². The zero-order chi connectivity index (χ0) is 17.7. The van der Waals surface area contributed by atoms with E-state index >= 15 is 0 Å². The van der Waals surface area contributed by atoms with Crippen molar-refractivity contribution in [2.45, 2.75) is 51.4 Å². The number of ether oxygens (including phenoxy) is 1. The predicted molar refractivity (Wildman–Crippen MR) is 90.2 cm³/mol. The van der Waals surface area contributed by atoms with Gasteiger partial charge in [0.15, 0.2) is 0 Å². The summed E-state index contributed by atoms with van der Waals surface area (Å²) in [4.78, 5) is 13.7. The summed E-state index contributed by atoms with van der Waals surface area (Å²) in [5.74, 6) is -0.397. The number of carbonyl (C=O) groups excluding carboxylic acids is 1. The molecule has 134 valence electrons. The van der Waals surface area contributed by atoms with Gasteiger partial charge < -0.3 is 20.1 Å². The van der Waals surface area contributed by atoms with Gasteiger partial charge in [0.05, 0.1) is 6.10 Å². The number of aliphatic hydroxyl groups is 1. The van der Waals surface area contributed by atoms with Crippen LogP contribution in [0.25, 0.3) is 0 Å². The number of piperidine rings is 1. The third kappa shape index (κ3) is 5.46. The van der Waals surface area contributed by atoms with Crippen LogP contribution >= 0.6 is 0 Å². The first-order valence-electron chi connectivity index (χ1n) is 8.40. The molecule has 1 aliphatic rings. The minimum absolute atomic E-state index is 0.199. The summed E-state index contributed by atoms with van der Waals surface area (Å²) in [6.07, 6.45) is 0.398. The fourth-order valence-electron chi connectivity index (χ4n) is 2.73. The Bertz CT molecular complexity index is 551. The SMILES string of the molecule is CC(C)(C)OC(=O)N1CCC(NCC(O)c2ccccc2F)CC1. The zero-order valence-electron chi connectivity index (χ0n) is 14.6.